The molecular formula is C72H115NO8P+. The number of likely N-dealkylation sites (N-methyl/N-ethyl adjacent to an activating group) is 1. The van der Waals surface area contributed by atoms with E-state index in [2.05, 4.69) is 196 Å². The highest BCUT2D eigenvalue weighted by Gasteiger charge is 2.27. The molecular weight excluding hydrogens is 1040 g/mol. The van der Waals surface area contributed by atoms with Gasteiger partial charge in [0.05, 0.1) is 27.7 Å². The zero-order chi connectivity index (χ0) is 59.8. The molecule has 1 N–H and O–H groups in total. The largest absolute Gasteiger partial charge is 0.472 e. The molecule has 0 aromatic heterocycles. The Morgan fingerprint density at radius 3 is 1.00 bits per heavy atom. The number of quaternary nitrogens is 1. The quantitative estimate of drug-likeness (QED) is 0.0211. The summed E-state index contributed by atoms with van der Waals surface area (Å²) in [6.07, 6.45) is 94.0. The molecule has 460 valence electrons. The molecule has 0 aliphatic rings. The predicted molar refractivity (Wildman–Crippen MR) is 352 cm³/mol. The lowest BCUT2D eigenvalue weighted by Crippen LogP contribution is -2.37. The van der Waals surface area contributed by atoms with Crippen LogP contribution in [0.1, 0.15) is 206 Å². The van der Waals surface area contributed by atoms with Crippen LogP contribution in [0.5, 0.6) is 0 Å². The van der Waals surface area contributed by atoms with Crippen molar-refractivity contribution >= 4 is 19.8 Å². The van der Waals surface area contributed by atoms with Crippen molar-refractivity contribution in [3.63, 3.8) is 0 Å². The van der Waals surface area contributed by atoms with Crippen LogP contribution >= 0.6 is 7.82 Å². The average Bonchev–Trinajstić information content (AvgIpc) is 3.46. The fourth-order valence-electron chi connectivity index (χ4n) is 7.66. The van der Waals surface area contributed by atoms with Crippen molar-refractivity contribution in [1.82, 2.24) is 0 Å². The summed E-state index contributed by atoms with van der Waals surface area (Å²) in [4.78, 5) is 35.8. The van der Waals surface area contributed by atoms with Crippen LogP contribution < -0.4 is 0 Å². The normalized spacial score (nSPS) is 14.5. The van der Waals surface area contributed by atoms with Crippen molar-refractivity contribution in [2.75, 3.05) is 47.5 Å². The van der Waals surface area contributed by atoms with E-state index in [1.807, 2.05) is 21.1 Å². The van der Waals surface area contributed by atoms with Crippen molar-refractivity contribution in [2.24, 2.45) is 0 Å². The standard InChI is InChI=1S/C72H114NO8P/c1-6-8-10-12-14-16-18-20-22-24-26-28-30-32-34-35-36-37-39-40-42-44-46-48-50-52-54-56-58-60-62-64-71(74)78-68-70(69-80-82(76,77)79-67-66-73(3,4)5)81-72(75)65-63-61-59-57-55-53-51-49-47-45-43-41-38-33-31-29-27-25-23-21-19-17-15-13-11-9-7-2/h8-11,14-17,20-23,26-29,32-34,36-38,40,42-43,45,49,51,55,57,70H,6-7,12-13,18-19,24-25,30-31,35,39,41,44,46-48,50,52-54,56,58-69H2,1-5H3/p+1/b10-8-,11-9-,16-14-,17-15-,22-20-,23-21-,28-26-,29-27-,34-32-,37-36-,38-33-,42-40-,45-43-,51-49-,57-55-. The molecule has 82 heavy (non-hydrogen) atoms. The van der Waals surface area contributed by atoms with Crippen LogP contribution in [0, 0.1) is 0 Å². The van der Waals surface area contributed by atoms with Crippen molar-refractivity contribution in [3.8, 4) is 0 Å². The minimum Gasteiger partial charge on any atom is -0.462 e. The van der Waals surface area contributed by atoms with Gasteiger partial charge in [-0.15, -0.1) is 0 Å². The van der Waals surface area contributed by atoms with Gasteiger partial charge in [-0.05, 0) is 135 Å². The second-order valence-electron chi connectivity index (χ2n) is 21.3. The summed E-state index contributed by atoms with van der Waals surface area (Å²) in [7, 11) is 1.41. The molecule has 0 rings (SSSR count). The zero-order valence-electron chi connectivity index (χ0n) is 52.1. The first kappa shape index (κ1) is 77.1. The molecule has 2 atom stereocenters. The molecule has 0 bridgehead atoms. The van der Waals surface area contributed by atoms with Crippen LogP contribution in [0.25, 0.3) is 0 Å². The molecule has 0 aromatic rings. The van der Waals surface area contributed by atoms with Gasteiger partial charge in [-0.3, -0.25) is 18.6 Å². The van der Waals surface area contributed by atoms with Crippen molar-refractivity contribution in [3.05, 3.63) is 182 Å². The summed E-state index contributed by atoms with van der Waals surface area (Å²) < 4.78 is 34.6. The van der Waals surface area contributed by atoms with Gasteiger partial charge in [0, 0.05) is 12.8 Å². The number of hydrogen-bond donors (Lipinski definition) is 1. The first-order valence-corrected chi connectivity index (χ1v) is 33.0. The number of rotatable bonds is 55. The molecule has 0 aromatic carbocycles. The molecule has 2 unspecified atom stereocenters. The van der Waals surface area contributed by atoms with Gasteiger partial charge in [-0.1, -0.05) is 241 Å². The molecule has 0 fully saturated rings. The van der Waals surface area contributed by atoms with E-state index in [1.165, 1.54) is 32.1 Å². The lowest BCUT2D eigenvalue weighted by molar-refractivity contribution is -0.870. The summed E-state index contributed by atoms with van der Waals surface area (Å²) >= 11 is 0. The lowest BCUT2D eigenvalue weighted by Gasteiger charge is -2.24. The van der Waals surface area contributed by atoms with Gasteiger partial charge in [0.25, 0.3) is 0 Å². The van der Waals surface area contributed by atoms with Crippen molar-refractivity contribution in [1.29, 1.82) is 0 Å². The highest BCUT2D eigenvalue weighted by atomic mass is 31.2. The van der Waals surface area contributed by atoms with Gasteiger partial charge in [-0.25, -0.2) is 4.57 Å². The molecule has 0 amide bonds. The minimum atomic E-state index is -4.42. The van der Waals surface area contributed by atoms with Gasteiger partial charge >= 0.3 is 19.8 Å². The predicted octanol–water partition coefficient (Wildman–Crippen LogP) is 20.4. The first-order valence-electron chi connectivity index (χ1n) is 31.5. The number of phosphoric acid groups is 1. The number of ether oxygens (including phenoxy) is 2. The molecule has 0 heterocycles. The number of phosphoric ester groups is 1. The van der Waals surface area contributed by atoms with E-state index in [1.54, 1.807) is 0 Å². The maximum Gasteiger partial charge on any atom is 0.472 e. The molecule has 0 aliphatic heterocycles. The summed E-state index contributed by atoms with van der Waals surface area (Å²) in [5.74, 6) is -0.872. The van der Waals surface area contributed by atoms with Gasteiger partial charge in [-0.2, -0.15) is 0 Å². The Labute approximate surface area is 501 Å². The Morgan fingerprint density at radius 1 is 0.378 bits per heavy atom. The summed E-state index contributed by atoms with van der Waals surface area (Å²) in [5, 5.41) is 0. The second-order valence-corrected chi connectivity index (χ2v) is 22.8. The molecule has 0 radical (unpaired) electrons. The van der Waals surface area contributed by atoms with Crippen LogP contribution in [0.15, 0.2) is 182 Å². The number of allylic oxidation sites excluding steroid dienone is 30. The fourth-order valence-corrected chi connectivity index (χ4v) is 8.40. The van der Waals surface area contributed by atoms with Gasteiger partial charge in [0.15, 0.2) is 6.10 Å². The highest BCUT2D eigenvalue weighted by Crippen LogP contribution is 2.43. The van der Waals surface area contributed by atoms with Crippen LogP contribution in [0.3, 0.4) is 0 Å². The van der Waals surface area contributed by atoms with Crippen molar-refractivity contribution in [2.45, 2.75) is 213 Å². The first-order chi connectivity index (χ1) is 40.0. The van der Waals surface area contributed by atoms with E-state index in [4.69, 9.17) is 18.5 Å². The minimum absolute atomic E-state index is 0.0108. The Morgan fingerprint density at radius 2 is 0.659 bits per heavy atom. The Bertz CT molecular complexity index is 2030. The maximum absolute atomic E-state index is 12.8. The second kappa shape index (κ2) is 60.7. The summed E-state index contributed by atoms with van der Waals surface area (Å²) in [6, 6.07) is 0. The van der Waals surface area contributed by atoms with E-state index < -0.39 is 32.5 Å². The summed E-state index contributed by atoms with van der Waals surface area (Å²) in [6.45, 7) is 4.12. The van der Waals surface area contributed by atoms with Crippen LogP contribution in [-0.2, 0) is 32.7 Å². The third-order valence-electron chi connectivity index (χ3n) is 12.4. The van der Waals surface area contributed by atoms with Crippen LogP contribution in [0.4, 0.5) is 0 Å². The number of hydrogen-bond acceptors (Lipinski definition) is 7. The van der Waals surface area contributed by atoms with E-state index >= 15 is 0 Å². The average molecular weight is 1150 g/mol. The molecule has 0 aliphatic carbocycles. The smallest absolute Gasteiger partial charge is 0.462 e. The zero-order valence-corrected chi connectivity index (χ0v) is 53.0. The van der Waals surface area contributed by atoms with E-state index in [0.717, 1.165) is 135 Å². The molecule has 0 saturated heterocycles. The molecule has 0 spiro atoms. The fraction of sp³-hybridized carbons (Fsp3) is 0.556. The van der Waals surface area contributed by atoms with Gasteiger partial charge in [0.1, 0.15) is 19.8 Å². The molecule has 9 nitrogen and oxygen atoms in total. The maximum atomic E-state index is 12.8. The summed E-state index contributed by atoms with van der Waals surface area (Å²) in [5.41, 5.74) is 0. The van der Waals surface area contributed by atoms with E-state index in [0.29, 0.717) is 23.9 Å². The number of esters is 2. The highest BCUT2D eigenvalue weighted by molar-refractivity contribution is 7.47. The van der Waals surface area contributed by atoms with Crippen LogP contribution in [-0.4, -0.2) is 74.9 Å². The van der Waals surface area contributed by atoms with E-state index in [-0.39, 0.29) is 26.1 Å². The van der Waals surface area contributed by atoms with Crippen LogP contribution in [0.2, 0.25) is 0 Å². The third kappa shape index (κ3) is 64.3. The lowest BCUT2D eigenvalue weighted by atomic mass is 10.1. The number of nitrogens with zero attached hydrogens (tertiary/aromatic N) is 1. The molecule has 0 saturated carbocycles. The van der Waals surface area contributed by atoms with E-state index in [9.17, 15) is 19.0 Å². The Hall–Kier alpha value is -4.89. The Balaban J connectivity index is 4.28. The van der Waals surface area contributed by atoms with Crippen molar-refractivity contribution < 1.29 is 42.1 Å². The number of carbonyl (C=O) groups is 2. The van der Waals surface area contributed by atoms with Gasteiger partial charge in [0.2, 0.25) is 0 Å². The third-order valence-corrected chi connectivity index (χ3v) is 13.4. The molecule has 10 heteroatoms. The topological polar surface area (TPSA) is 108 Å². The SMILES string of the molecule is CC/C=C\C/C=C\C/C=C\C/C=C\C/C=C\C/C=C\C/C=C\C/C=C\CCCCC(=O)OC(COC(=O)CCCCCCCCCCC/C=C\C/C=C\C/C=C\C/C=C\C/C=C\C/C=C\C/C=C\CC)COP(=O)(O)OCC[N+](C)(C)C. The van der Waals surface area contributed by atoms with Gasteiger partial charge < -0.3 is 18.9 Å². The Kier molecular flexibility index (Phi) is 57.1. The number of unbranched alkanes of at least 4 members (excludes halogenated alkanes) is 11. The monoisotopic (exact) mass is 1150 g/mol. The number of carbonyl (C=O) groups excluding carboxylic acids is 2.